The molecule has 0 spiro atoms. The third-order valence-corrected chi connectivity index (χ3v) is 5.61. The molecular weight excluding hydrogens is 463 g/mol. The van der Waals surface area contributed by atoms with Gasteiger partial charge in [0.05, 0.1) is 0 Å². The smallest absolute Gasteiger partial charge is 0.435 e. The lowest BCUT2D eigenvalue weighted by Crippen LogP contribution is -2.41. The quantitative estimate of drug-likeness (QED) is 0.498. The van der Waals surface area contributed by atoms with Crippen molar-refractivity contribution in [2.75, 3.05) is 25.0 Å². The molecule has 3 aromatic rings. The summed E-state index contributed by atoms with van der Waals surface area (Å²) < 4.78 is 68.9. The molecular formula is C21H21F5N6O2. The number of nitrogens with zero attached hydrogens (tertiary/aromatic N) is 6. The van der Waals surface area contributed by atoms with Crippen LogP contribution in [0.1, 0.15) is 24.2 Å². The molecule has 13 heteroatoms. The average molecular weight is 484 g/mol. The number of halogens is 5. The molecule has 0 saturated carbocycles. The van der Waals surface area contributed by atoms with Gasteiger partial charge in [0.2, 0.25) is 5.91 Å². The van der Waals surface area contributed by atoms with Gasteiger partial charge in [0.25, 0.3) is 5.82 Å². The van der Waals surface area contributed by atoms with Gasteiger partial charge in [-0.15, -0.1) is 15.3 Å². The van der Waals surface area contributed by atoms with E-state index in [1.807, 2.05) is 4.90 Å². The summed E-state index contributed by atoms with van der Waals surface area (Å²) in [6, 6.07) is 9.08. The van der Waals surface area contributed by atoms with E-state index >= 15 is 0 Å². The van der Waals surface area contributed by atoms with Crippen molar-refractivity contribution in [3.8, 4) is 5.75 Å². The highest BCUT2D eigenvalue weighted by Gasteiger charge is 2.38. The maximum Gasteiger partial charge on any atom is 0.453 e. The van der Waals surface area contributed by atoms with Crippen LogP contribution < -0.4 is 9.64 Å². The molecule has 0 radical (unpaired) electrons. The predicted molar refractivity (Wildman–Crippen MR) is 110 cm³/mol. The average Bonchev–Trinajstić information content (AvgIpc) is 3.23. The standard InChI is InChI=1S/C21H21F5N6O2/c1-30(12-13-2-4-15(5-3-13)34-20(22)23)18(33)14-8-10-31(11-9-14)17-7-6-16-27-28-19(21(24,25)26)32(16)29-17/h2-7,14,20H,8-12H2,1H3. The number of carbonyl (C=O) groups excluding carboxylic acids is 1. The second kappa shape index (κ2) is 9.39. The summed E-state index contributed by atoms with van der Waals surface area (Å²) >= 11 is 0. The fourth-order valence-electron chi connectivity index (χ4n) is 3.92. The van der Waals surface area contributed by atoms with Crippen LogP contribution in [0.15, 0.2) is 36.4 Å². The van der Waals surface area contributed by atoms with Gasteiger partial charge in [-0.05, 0) is 42.7 Å². The molecule has 1 saturated heterocycles. The van der Waals surface area contributed by atoms with E-state index < -0.39 is 18.6 Å². The minimum absolute atomic E-state index is 0.00318. The highest BCUT2D eigenvalue weighted by molar-refractivity contribution is 5.79. The maximum absolute atomic E-state index is 13.1. The summed E-state index contributed by atoms with van der Waals surface area (Å²) in [5.74, 6) is -1.10. The number of amides is 1. The first-order chi connectivity index (χ1) is 16.1. The minimum atomic E-state index is -4.68. The van der Waals surface area contributed by atoms with Crippen molar-refractivity contribution in [2.24, 2.45) is 5.92 Å². The highest BCUT2D eigenvalue weighted by Crippen LogP contribution is 2.29. The Morgan fingerprint density at radius 2 is 1.79 bits per heavy atom. The fourth-order valence-corrected chi connectivity index (χ4v) is 3.92. The van der Waals surface area contributed by atoms with Gasteiger partial charge in [-0.3, -0.25) is 4.79 Å². The van der Waals surface area contributed by atoms with Crippen molar-refractivity contribution in [1.82, 2.24) is 24.7 Å². The number of fused-ring (bicyclic) bond motifs is 1. The molecule has 1 aliphatic rings. The van der Waals surface area contributed by atoms with Crippen LogP contribution in [0.3, 0.4) is 0 Å². The molecule has 1 aromatic carbocycles. The zero-order chi connectivity index (χ0) is 24.5. The number of alkyl halides is 5. The first-order valence-electron chi connectivity index (χ1n) is 10.4. The molecule has 0 unspecified atom stereocenters. The predicted octanol–water partition coefficient (Wildman–Crippen LogP) is 3.62. The van der Waals surface area contributed by atoms with Crippen molar-refractivity contribution >= 4 is 17.4 Å². The Balaban J connectivity index is 1.35. The van der Waals surface area contributed by atoms with Crippen molar-refractivity contribution in [1.29, 1.82) is 0 Å². The van der Waals surface area contributed by atoms with Crippen LogP contribution in [0.4, 0.5) is 27.8 Å². The number of carbonyl (C=O) groups is 1. The van der Waals surface area contributed by atoms with Gasteiger partial charge < -0.3 is 14.5 Å². The normalized spacial score (nSPS) is 15.2. The molecule has 0 bridgehead atoms. The SMILES string of the molecule is CN(Cc1ccc(OC(F)F)cc1)C(=O)C1CCN(c2ccc3nnc(C(F)(F)F)n3n2)CC1. The molecule has 2 aromatic heterocycles. The van der Waals surface area contributed by atoms with Crippen LogP contribution in [0, 0.1) is 5.92 Å². The first kappa shape index (κ1) is 23.6. The van der Waals surface area contributed by atoms with Crippen LogP contribution in [0.2, 0.25) is 0 Å². The Morgan fingerprint density at radius 3 is 2.41 bits per heavy atom. The largest absolute Gasteiger partial charge is 0.453 e. The third kappa shape index (κ3) is 5.18. The molecule has 8 nitrogen and oxygen atoms in total. The molecule has 0 aliphatic carbocycles. The number of hydrogen-bond acceptors (Lipinski definition) is 6. The monoisotopic (exact) mass is 484 g/mol. The zero-order valence-corrected chi connectivity index (χ0v) is 18.0. The van der Waals surface area contributed by atoms with E-state index in [2.05, 4.69) is 20.0 Å². The molecule has 3 heterocycles. The lowest BCUT2D eigenvalue weighted by molar-refractivity contribution is -0.146. The van der Waals surface area contributed by atoms with Gasteiger partial charge in [-0.25, -0.2) is 0 Å². The highest BCUT2D eigenvalue weighted by atomic mass is 19.4. The molecule has 0 atom stereocenters. The van der Waals surface area contributed by atoms with Crippen molar-refractivity contribution in [3.63, 3.8) is 0 Å². The Labute approximate surface area is 190 Å². The molecule has 182 valence electrons. The number of rotatable bonds is 6. The number of hydrogen-bond donors (Lipinski definition) is 0. The Hall–Kier alpha value is -3.51. The van der Waals surface area contributed by atoms with Gasteiger partial charge in [-0.2, -0.15) is 26.5 Å². The summed E-state index contributed by atoms with van der Waals surface area (Å²) in [4.78, 5) is 16.3. The molecule has 1 aliphatic heterocycles. The molecule has 1 amide bonds. The van der Waals surface area contributed by atoms with Crippen LogP contribution in [-0.2, 0) is 17.5 Å². The maximum atomic E-state index is 13.1. The van der Waals surface area contributed by atoms with Crippen molar-refractivity contribution in [3.05, 3.63) is 47.8 Å². The van der Waals surface area contributed by atoms with E-state index in [4.69, 9.17) is 0 Å². The lowest BCUT2D eigenvalue weighted by Gasteiger charge is -2.33. The molecule has 0 N–H and O–H groups in total. The van der Waals surface area contributed by atoms with E-state index in [1.54, 1.807) is 30.1 Å². The van der Waals surface area contributed by atoms with Gasteiger partial charge >= 0.3 is 12.8 Å². The molecule has 4 rings (SSSR count). The number of anilines is 1. The summed E-state index contributed by atoms with van der Waals surface area (Å²) in [5, 5.41) is 10.7. The summed E-state index contributed by atoms with van der Waals surface area (Å²) in [7, 11) is 1.67. The Bertz CT molecular complexity index is 1140. The van der Waals surface area contributed by atoms with Crippen LogP contribution >= 0.6 is 0 Å². The number of piperidine rings is 1. The van der Waals surface area contributed by atoms with Crippen LogP contribution in [0.5, 0.6) is 5.75 Å². The van der Waals surface area contributed by atoms with Crippen LogP contribution in [-0.4, -0.2) is 57.4 Å². The van der Waals surface area contributed by atoms with E-state index in [9.17, 15) is 26.7 Å². The van der Waals surface area contributed by atoms with Gasteiger partial charge in [0.1, 0.15) is 11.6 Å². The fraction of sp³-hybridized carbons (Fsp3) is 0.429. The summed E-state index contributed by atoms with van der Waals surface area (Å²) in [6.45, 7) is -1.70. The molecule has 34 heavy (non-hydrogen) atoms. The van der Waals surface area contributed by atoms with Crippen molar-refractivity contribution in [2.45, 2.75) is 32.2 Å². The van der Waals surface area contributed by atoms with E-state index in [0.29, 0.717) is 42.8 Å². The van der Waals surface area contributed by atoms with E-state index in [-0.39, 0.29) is 23.2 Å². The number of aromatic nitrogens is 4. The Morgan fingerprint density at radius 1 is 1.12 bits per heavy atom. The number of ether oxygens (including phenoxy) is 1. The van der Waals surface area contributed by atoms with Crippen molar-refractivity contribution < 1.29 is 31.5 Å². The van der Waals surface area contributed by atoms with Crippen LogP contribution in [0.25, 0.3) is 5.65 Å². The summed E-state index contributed by atoms with van der Waals surface area (Å²) in [5.41, 5.74) is 0.762. The topological polar surface area (TPSA) is 75.9 Å². The number of benzene rings is 1. The second-order valence-corrected chi connectivity index (χ2v) is 7.96. The third-order valence-electron chi connectivity index (χ3n) is 5.61. The zero-order valence-electron chi connectivity index (χ0n) is 18.0. The van der Waals surface area contributed by atoms with E-state index in [1.165, 1.54) is 18.2 Å². The second-order valence-electron chi connectivity index (χ2n) is 7.96. The van der Waals surface area contributed by atoms with Gasteiger partial charge in [0.15, 0.2) is 5.65 Å². The Kier molecular flexibility index (Phi) is 6.53. The van der Waals surface area contributed by atoms with E-state index in [0.717, 1.165) is 5.56 Å². The summed E-state index contributed by atoms with van der Waals surface area (Å²) in [6.07, 6.45) is -3.65. The van der Waals surface area contributed by atoms with Gasteiger partial charge in [-0.1, -0.05) is 12.1 Å². The minimum Gasteiger partial charge on any atom is -0.435 e. The lowest BCUT2D eigenvalue weighted by atomic mass is 9.95. The first-order valence-corrected chi connectivity index (χ1v) is 10.4. The van der Waals surface area contributed by atoms with Gasteiger partial charge in [0, 0.05) is 32.6 Å². The molecule has 1 fully saturated rings.